The van der Waals surface area contributed by atoms with Gasteiger partial charge in [0.15, 0.2) is 0 Å². The van der Waals surface area contributed by atoms with Gasteiger partial charge in [0, 0.05) is 33.2 Å². The van der Waals surface area contributed by atoms with Crippen molar-refractivity contribution in [2.75, 3.05) is 31.7 Å². The van der Waals surface area contributed by atoms with E-state index in [-0.39, 0.29) is 30.5 Å². The molecule has 2 aromatic rings. The summed E-state index contributed by atoms with van der Waals surface area (Å²) in [5, 5.41) is 0. The second kappa shape index (κ2) is 8.77. The third-order valence-electron chi connectivity index (χ3n) is 4.71. The van der Waals surface area contributed by atoms with Crippen LogP contribution in [0.2, 0.25) is 0 Å². The number of ether oxygens (including phenoxy) is 1. The van der Waals surface area contributed by atoms with Crippen LogP contribution in [0.1, 0.15) is 12.0 Å². The number of carbonyl (C=O) groups excluding carboxylic acids is 2. The van der Waals surface area contributed by atoms with Crippen LogP contribution in [0.5, 0.6) is 0 Å². The molecule has 1 fully saturated rings. The zero-order chi connectivity index (χ0) is 19.2. The number of anilines is 1. The van der Waals surface area contributed by atoms with E-state index in [2.05, 4.69) is 0 Å². The first-order valence-electron chi connectivity index (χ1n) is 8.96. The van der Waals surface area contributed by atoms with E-state index in [1.807, 2.05) is 30.3 Å². The van der Waals surface area contributed by atoms with E-state index in [1.54, 1.807) is 30.2 Å². The maximum atomic E-state index is 14.0. The lowest BCUT2D eigenvalue weighted by atomic mass is 10.1. The summed E-state index contributed by atoms with van der Waals surface area (Å²) in [6.07, 6.45) is 0.0887. The van der Waals surface area contributed by atoms with Gasteiger partial charge in [-0.05, 0) is 17.7 Å². The molecule has 1 aliphatic heterocycles. The van der Waals surface area contributed by atoms with E-state index in [4.69, 9.17) is 4.74 Å². The standard InChI is InChI=1S/C21H23FN2O3/c1-27-12-11-23(14-16-7-3-2-4-8-16)21(26)17-13-20(25)24(15-17)19-10-6-5-9-18(19)22/h2-10,17H,11-15H2,1H3/t17-/m0/s1. The number of para-hydroxylation sites is 1. The Morgan fingerprint density at radius 1 is 1.19 bits per heavy atom. The molecule has 1 atom stereocenters. The molecule has 1 heterocycles. The third kappa shape index (κ3) is 4.52. The lowest BCUT2D eigenvalue weighted by Crippen LogP contribution is -2.39. The second-order valence-electron chi connectivity index (χ2n) is 6.59. The van der Waals surface area contributed by atoms with E-state index in [9.17, 15) is 14.0 Å². The molecule has 27 heavy (non-hydrogen) atoms. The van der Waals surface area contributed by atoms with Crippen molar-refractivity contribution in [1.29, 1.82) is 0 Å². The average Bonchev–Trinajstić information content (AvgIpc) is 3.07. The fourth-order valence-electron chi connectivity index (χ4n) is 3.31. The number of methoxy groups -OCH3 is 1. The number of halogens is 1. The molecule has 0 aliphatic carbocycles. The Hall–Kier alpha value is -2.73. The molecule has 0 spiro atoms. The van der Waals surface area contributed by atoms with Crippen molar-refractivity contribution in [3.8, 4) is 0 Å². The van der Waals surface area contributed by atoms with E-state index in [1.165, 1.54) is 11.0 Å². The monoisotopic (exact) mass is 370 g/mol. The van der Waals surface area contributed by atoms with Crippen LogP contribution in [0.15, 0.2) is 54.6 Å². The number of hydrogen-bond donors (Lipinski definition) is 0. The van der Waals surface area contributed by atoms with Crippen LogP contribution < -0.4 is 4.90 Å². The minimum atomic E-state index is -0.488. The summed E-state index contributed by atoms with van der Waals surface area (Å²) < 4.78 is 19.2. The molecule has 2 amide bonds. The summed E-state index contributed by atoms with van der Waals surface area (Å²) in [5.41, 5.74) is 1.24. The molecule has 2 aromatic carbocycles. The Morgan fingerprint density at radius 2 is 1.89 bits per heavy atom. The van der Waals surface area contributed by atoms with Crippen LogP contribution >= 0.6 is 0 Å². The largest absolute Gasteiger partial charge is 0.383 e. The quantitative estimate of drug-likeness (QED) is 0.753. The van der Waals surface area contributed by atoms with Crippen molar-refractivity contribution >= 4 is 17.5 Å². The van der Waals surface area contributed by atoms with Gasteiger partial charge < -0.3 is 14.5 Å². The second-order valence-corrected chi connectivity index (χ2v) is 6.59. The first-order chi connectivity index (χ1) is 13.1. The number of rotatable bonds is 7. The molecule has 0 radical (unpaired) electrons. The van der Waals surface area contributed by atoms with Gasteiger partial charge in [0.25, 0.3) is 0 Å². The summed E-state index contributed by atoms with van der Waals surface area (Å²) in [4.78, 5) is 28.5. The molecule has 0 saturated carbocycles. The number of nitrogens with zero attached hydrogens (tertiary/aromatic N) is 2. The number of benzene rings is 2. The molecule has 3 rings (SSSR count). The minimum Gasteiger partial charge on any atom is -0.383 e. The zero-order valence-electron chi connectivity index (χ0n) is 15.3. The highest BCUT2D eigenvalue weighted by atomic mass is 19.1. The average molecular weight is 370 g/mol. The van der Waals surface area contributed by atoms with Gasteiger partial charge in [-0.15, -0.1) is 0 Å². The predicted molar refractivity (Wildman–Crippen MR) is 101 cm³/mol. The van der Waals surface area contributed by atoms with Crippen LogP contribution in [-0.4, -0.2) is 43.5 Å². The van der Waals surface area contributed by atoms with Gasteiger partial charge in [0.05, 0.1) is 18.2 Å². The highest BCUT2D eigenvalue weighted by Gasteiger charge is 2.38. The van der Waals surface area contributed by atoms with Gasteiger partial charge in [-0.25, -0.2) is 4.39 Å². The van der Waals surface area contributed by atoms with Crippen LogP contribution in [0.3, 0.4) is 0 Å². The van der Waals surface area contributed by atoms with E-state index < -0.39 is 11.7 Å². The maximum absolute atomic E-state index is 14.0. The van der Waals surface area contributed by atoms with Crippen molar-refractivity contribution < 1.29 is 18.7 Å². The van der Waals surface area contributed by atoms with Crippen molar-refractivity contribution in [2.24, 2.45) is 5.92 Å². The molecule has 1 aliphatic rings. The normalized spacial score (nSPS) is 16.6. The van der Waals surface area contributed by atoms with Gasteiger partial charge >= 0.3 is 0 Å². The van der Waals surface area contributed by atoms with Crippen LogP contribution in [0.4, 0.5) is 10.1 Å². The van der Waals surface area contributed by atoms with Crippen LogP contribution in [-0.2, 0) is 20.9 Å². The zero-order valence-corrected chi connectivity index (χ0v) is 15.3. The number of carbonyl (C=O) groups is 2. The highest BCUT2D eigenvalue weighted by molar-refractivity contribution is 6.00. The summed E-state index contributed by atoms with van der Waals surface area (Å²) >= 11 is 0. The lowest BCUT2D eigenvalue weighted by molar-refractivity contribution is -0.137. The fourth-order valence-corrected chi connectivity index (χ4v) is 3.31. The Bertz CT molecular complexity index is 797. The van der Waals surface area contributed by atoms with Crippen LogP contribution in [0, 0.1) is 11.7 Å². The highest BCUT2D eigenvalue weighted by Crippen LogP contribution is 2.28. The summed E-state index contributed by atoms with van der Waals surface area (Å²) in [5.74, 6) is -1.29. The SMILES string of the molecule is COCCN(Cc1ccccc1)C(=O)[C@H]1CC(=O)N(c2ccccc2F)C1. The van der Waals surface area contributed by atoms with Crippen molar-refractivity contribution in [3.05, 3.63) is 66.0 Å². The van der Waals surface area contributed by atoms with Crippen molar-refractivity contribution in [2.45, 2.75) is 13.0 Å². The van der Waals surface area contributed by atoms with Gasteiger partial charge in [-0.1, -0.05) is 42.5 Å². The smallest absolute Gasteiger partial charge is 0.228 e. The summed E-state index contributed by atoms with van der Waals surface area (Å²) in [7, 11) is 1.59. The van der Waals surface area contributed by atoms with Gasteiger partial charge in [-0.2, -0.15) is 0 Å². The molecule has 1 saturated heterocycles. The Labute approximate surface area is 158 Å². The lowest BCUT2D eigenvalue weighted by Gasteiger charge is -2.25. The first kappa shape index (κ1) is 19.0. The van der Waals surface area contributed by atoms with E-state index in [0.717, 1.165) is 5.56 Å². The molecule has 0 bridgehead atoms. The summed E-state index contributed by atoms with van der Waals surface area (Å²) in [6, 6.07) is 15.8. The van der Waals surface area contributed by atoms with E-state index in [0.29, 0.717) is 19.7 Å². The number of hydrogen-bond acceptors (Lipinski definition) is 3. The molecular weight excluding hydrogens is 347 g/mol. The van der Waals surface area contributed by atoms with Crippen molar-refractivity contribution in [3.63, 3.8) is 0 Å². The van der Waals surface area contributed by atoms with E-state index >= 15 is 0 Å². The number of amides is 2. The fraction of sp³-hybridized carbons (Fsp3) is 0.333. The molecular formula is C21H23FN2O3. The topological polar surface area (TPSA) is 49.9 Å². The summed E-state index contributed by atoms with van der Waals surface area (Å²) in [6.45, 7) is 1.50. The molecule has 5 nitrogen and oxygen atoms in total. The van der Waals surface area contributed by atoms with Gasteiger partial charge in [-0.3, -0.25) is 9.59 Å². The Balaban J connectivity index is 1.74. The Morgan fingerprint density at radius 3 is 2.59 bits per heavy atom. The predicted octanol–water partition coefficient (Wildman–Crippen LogP) is 2.85. The molecule has 0 N–H and O–H groups in total. The maximum Gasteiger partial charge on any atom is 0.228 e. The van der Waals surface area contributed by atoms with Crippen molar-refractivity contribution in [1.82, 2.24) is 4.90 Å². The third-order valence-corrected chi connectivity index (χ3v) is 4.71. The first-order valence-corrected chi connectivity index (χ1v) is 8.96. The molecule has 0 unspecified atom stereocenters. The minimum absolute atomic E-state index is 0.0887. The van der Waals surface area contributed by atoms with Gasteiger partial charge in [0.2, 0.25) is 11.8 Å². The van der Waals surface area contributed by atoms with Gasteiger partial charge in [0.1, 0.15) is 5.82 Å². The molecule has 6 heteroatoms. The molecule has 0 aromatic heterocycles. The Kier molecular flexibility index (Phi) is 6.19. The molecule has 142 valence electrons. The van der Waals surface area contributed by atoms with Crippen LogP contribution in [0.25, 0.3) is 0 Å².